The van der Waals surface area contributed by atoms with Crippen LogP contribution in [0.5, 0.6) is 0 Å². The van der Waals surface area contributed by atoms with Crippen LogP contribution in [-0.2, 0) is 9.47 Å². The zero-order valence-corrected chi connectivity index (χ0v) is 14.2. The van der Waals surface area contributed by atoms with Gasteiger partial charge in [0.1, 0.15) is 11.2 Å². The van der Waals surface area contributed by atoms with Crippen molar-refractivity contribution < 1.29 is 24.2 Å². The molecule has 0 saturated carbocycles. The summed E-state index contributed by atoms with van der Waals surface area (Å²) in [6.07, 6.45) is -0.981. The van der Waals surface area contributed by atoms with Gasteiger partial charge in [-0.2, -0.15) is 0 Å². The topological polar surface area (TPSA) is 76.1 Å². The van der Waals surface area contributed by atoms with E-state index in [1.807, 2.05) is 6.92 Å². The molecule has 0 aromatic heterocycles. The molecule has 0 bridgehead atoms. The zero-order chi connectivity index (χ0) is 16.8. The molecule has 0 spiro atoms. The minimum Gasteiger partial charge on any atom is -0.443 e. The first-order valence-electron chi connectivity index (χ1n) is 7.20. The molecule has 0 aliphatic rings. The van der Waals surface area contributed by atoms with Crippen LogP contribution in [0, 0.1) is 5.92 Å². The third-order valence-corrected chi connectivity index (χ3v) is 2.34. The highest BCUT2D eigenvalue weighted by Gasteiger charge is 2.31. The van der Waals surface area contributed by atoms with Crippen LogP contribution in [0.25, 0.3) is 0 Å². The molecule has 6 heteroatoms. The molecule has 1 N–H and O–H groups in total. The summed E-state index contributed by atoms with van der Waals surface area (Å²) in [6.45, 7) is 12.4. The molecule has 0 rings (SSSR count). The lowest BCUT2D eigenvalue weighted by molar-refractivity contribution is -0.00163. The molecule has 0 fully saturated rings. The largest absolute Gasteiger partial charge is 0.443 e. The van der Waals surface area contributed by atoms with Crippen LogP contribution in [0.4, 0.5) is 9.59 Å². The van der Waals surface area contributed by atoms with E-state index in [2.05, 4.69) is 0 Å². The second-order valence-corrected chi connectivity index (χ2v) is 7.19. The smallest absolute Gasteiger partial charge is 0.419 e. The standard InChI is InChI=1S/C15H29NO5/c1-11(8-9-17)10-16(12(18)20-14(2,3)4)13(19)21-15(5,6)7/h11,17H,8-10H2,1-7H3/t11-/m1/s1. The van der Waals surface area contributed by atoms with Crippen LogP contribution in [0.3, 0.4) is 0 Å². The van der Waals surface area contributed by atoms with Crippen molar-refractivity contribution in [2.45, 2.75) is 66.1 Å². The molecule has 0 aliphatic heterocycles. The Balaban J connectivity index is 5.00. The lowest BCUT2D eigenvalue weighted by Gasteiger charge is -2.29. The highest BCUT2D eigenvalue weighted by Crippen LogP contribution is 2.16. The van der Waals surface area contributed by atoms with E-state index in [0.717, 1.165) is 4.90 Å². The van der Waals surface area contributed by atoms with E-state index in [0.29, 0.717) is 6.42 Å². The number of carbonyl (C=O) groups excluding carboxylic acids is 2. The van der Waals surface area contributed by atoms with Gasteiger partial charge in [0, 0.05) is 13.2 Å². The number of hydrogen-bond donors (Lipinski definition) is 1. The fourth-order valence-electron chi connectivity index (χ4n) is 1.48. The van der Waals surface area contributed by atoms with Gasteiger partial charge in [-0.05, 0) is 53.9 Å². The minimum absolute atomic E-state index is 0.00234. The molecule has 0 aromatic rings. The highest BCUT2D eigenvalue weighted by molar-refractivity contribution is 5.88. The second kappa shape index (κ2) is 7.64. The molecule has 0 radical (unpaired) electrons. The van der Waals surface area contributed by atoms with Crippen LogP contribution >= 0.6 is 0 Å². The monoisotopic (exact) mass is 303 g/mol. The third kappa shape index (κ3) is 9.28. The van der Waals surface area contributed by atoms with Crippen molar-refractivity contribution in [2.24, 2.45) is 5.92 Å². The van der Waals surface area contributed by atoms with Crippen molar-refractivity contribution in [3.63, 3.8) is 0 Å². The molecule has 2 amide bonds. The van der Waals surface area contributed by atoms with Crippen molar-refractivity contribution in [1.29, 1.82) is 0 Å². The zero-order valence-electron chi connectivity index (χ0n) is 14.2. The Bertz CT molecular complexity index is 326. The Labute approximate surface area is 127 Å². The molecule has 21 heavy (non-hydrogen) atoms. The number of hydrogen-bond acceptors (Lipinski definition) is 5. The number of ether oxygens (including phenoxy) is 2. The van der Waals surface area contributed by atoms with Crippen LogP contribution in [0.2, 0.25) is 0 Å². The quantitative estimate of drug-likeness (QED) is 0.863. The molecule has 124 valence electrons. The van der Waals surface area contributed by atoms with Crippen molar-refractivity contribution in [3.8, 4) is 0 Å². The SMILES string of the molecule is C[C@H](CCO)CN(C(=O)OC(C)(C)C)C(=O)OC(C)(C)C. The van der Waals surface area contributed by atoms with Gasteiger partial charge in [-0.25, -0.2) is 14.5 Å². The summed E-state index contributed by atoms with van der Waals surface area (Å²) in [4.78, 5) is 25.3. The average Bonchev–Trinajstić information content (AvgIpc) is 2.20. The molecular formula is C15H29NO5. The normalized spacial score (nSPS) is 13.5. The second-order valence-electron chi connectivity index (χ2n) is 7.19. The summed E-state index contributed by atoms with van der Waals surface area (Å²) >= 11 is 0. The number of aliphatic hydroxyl groups is 1. The van der Waals surface area contributed by atoms with E-state index in [-0.39, 0.29) is 19.1 Å². The van der Waals surface area contributed by atoms with Gasteiger partial charge in [-0.15, -0.1) is 0 Å². The van der Waals surface area contributed by atoms with Crippen molar-refractivity contribution in [1.82, 2.24) is 4.90 Å². The average molecular weight is 303 g/mol. The van der Waals surface area contributed by atoms with Crippen LogP contribution in [-0.4, -0.2) is 46.5 Å². The predicted octanol–water partition coefficient (Wildman–Crippen LogP) is 3.18. The van der Waals surface area contributed by atoms with Gasteiger partial charge >= 0.3 is 12.2 Å². The Morgan fingerprint density at radius 1 is 1.00 bits per heavy atom. The van der Waals surface area contributed by atoms with Gasteiger partial charge < -0.3 is 14.6 Å². The molecule has 0 saturated heterocycles. The Hall–Kier alpha value is -1.30. The highest BCUT2D eigenvalue weighted by atomic mass is 16.6. The fourth-order valence-corrected chi connectivity index (χ4v) is 1.48. The van der Waals surface area contributed by atoms with Crippen LogP contribution < -0.4 is 0 Å². The summed E-state index contributed by atoms with van der Waals surface area (Å²) < 4.78 is 10.5. The number of aliphatic hydroxyl groups excluding tert-OH is 1. The molecule has 0 unspecified atom stereocenters. The first kappa shape index (κ1) is 19.7. The van der Waals surface area contributed by atoms with Gasteiger partial charge in [0.25, 0.3) is 0 Å². The van der Waals surface area contributed by atoms with Gasteiger partial charge in [0.05, 0.1) is 0 Å². The maximum absolute atomic E-state index is 12.2. The van der Waals surface area contributed by atoms with E-state index in [9.17, 15) is 9.59 Å². The summed E-state index contributed by atoms with van der Waals surface area (Å²) in [6, 6.07) is 0. The number of imide groups is 1. The predicted molar refractivity (Wildman–Crippen MR) is 80.0 cm³/mol. The summed E-state index contributed by atoms with van der Waals surface area (Å²) in [5.74, 6) is -0.0463. The van der Waals surface area contributed by atoms with E-state index in [1.165, 1.54) is 0 Å². The van der Waals surface area contributed by atoms with Gasteiger partial charge in [0.15, 0.2) is 0 Å². The first-order valence-corrected chi connectivity index (χ1v) is 7.20. The molecule has 0 aromatic carbocycles. The van der Waals surface area contributed by atoms with Gasteiger partial charge in [0.2, 0.25) is 0 Å². The van der Waals surface area contributed by atoms with Crippen LogP contribution in [0.15, 0.2) is 0 Å². The Kier molecular flexibility index (Phi) is 7.16. The van der Waals surface area contributed by atoms with Crippen molar-refractivity contribution >= 4 is 12.2 Å². The number of amides is 2. The molecule has 0 heterocycles. The molecule has 1 atom stereocenters. The maximum Gasteiger partial charge on any atom is 0.419 e. The Morgan fingerprint density at radius 2 is 1.38 bits per heavy atom. The summed E-state index contributed by atoms with van der Waals surface area (Å²) in [5, 5.41) is 8.95. The molecule has 6 nitrogen and oxygen atoms in total. The first-order chi connectivity index (χ1) is 9.35. The third-order valence-electron chi connectivity index (χ3n) is 2.34. The van der Waals surface area contributed by atoms with Gasteiger partial charge in [-0.1, -0.05) is 6.92 Å². The fraction of sp³-hybridized carbons (Fsp3) is 0.867. The lowest BCUT2D eigenvalue weighted by Crippen LogP contribution is -2.45. The van der Waals surface area contributed by atoms with Crippen LogP contribution in [0.1, 0.15) is 54.9 Å². The van der Waals surface area contributed by atoms with Crippen molar-refractivity contribution in [3.05, 3.63) is 0 Å². The van der Waals surface area contributed by atoms with E-state index in [4.69, 9.17) is 14.6 Å². The van der Waals surface area contributed by atoms with E-state index >= 15 is 0 Å². The van der Waals surface area contributed by atoms with E-state index < -0.39 is 23.4 Å². The minimum atomic E-state index is -0.735. The number of nitrogens with zero attached hydrogens (tertiary/aromatic N) is 1. The van der Waals surface area contributed by atoms with Gasteiger partial charge in [-0.3, -0.25) is 0 Å². The van der Waals surface area contributed by atoms with Crippen molar-refractivity contribution in [2.75, 3.05) is 13.2 Å². The van der Waals surface area contributed by atoms with E-state index in [1.54, 1.807) is 41.5 Å². The molecular weight excluding hydrogens is 274 g/mol. The maximum atomic E-state index is 12.2. The number of rotatable bonds is 4. The summed E-state index contributed by atoms with van der Waals surface area (Å²) in [5.41, 5.74) is -1.39. The lowest BCUT2D eigenvalue weighted by atomic mass is 10.1. The number of carbonyl (C=O) groups is 2. The summed E-state index contributed by atoms with van der Waals surface area (Å²) in [7, 11) is 0. The molecule has 0 aliphatic carbocycles. The Morgan fingerprint density at radius 3 is 1.67 bits per heavy atom.